The van der Waals surface area contributed by atoms with Gasteiger partial charge in [-0.05, 0) is 41.9 Å². The van der Waals surface area contributed by atoms with Crippen molar-refractivity contribution in [2.75, 3.05) is 33.9 Å². The van der Waals surface area contributed by atoms with E-state index < -0.39 is 0 Å². The van der Waals surface area contributed by atoms with Gasteiger partial charge < -0.3 is 24.8 Å². The molecule has 0 amide bonds. The van der Waals surface area contributed by atoms with Crippen molar-refractivity contribution in [2.45, 2.75) is 13.0 Å². The van der Waals surface area contributed by atoms with E-state index in [1.807, 2.05) is 41.3 Å². The fourth-order valence-corrected chi connectivity index (χ4v) is 2.90. The van der Waals surface area contributed by atoms with Crippen molar-refractivity contribution in [3.05, 3.63) is 59.7 Å². The zero-order valence-corrected chi connectivity index (χ0v) is 16.1. The average Bonchev–Trinajstić information content (AvgIpc) is 2.68. The van der Waals surface area contributed by atoms with Crippen LogP contribution in [0.1, 0.15) is 11.1 Å². The summed E-state index contributed by atoms with van der Waals surface area (Å²) < 4.78 is 10.6. The number of hydrogen-bond donors (Lipinski definition) is 2. The molecule has 6 heteroatoms. The van der Waals surface area contributed by atoms with Crippen LogP contribution in [0.4, 0.5) is 0 Å². The number of hydrogen-bond acceptors (Lipinski definition) is 4. The van der Waals surface area contributed by atoms with Crippen molar-refractivity contribution in [3.63, 3.8) is 0 Å². The highest BCUT2D eigenvalue weighted by Gasteiger charge is 2.10. The molecule has 0 atom stereocenters. The minimum absolute atomic E-state index is 0.0599. The lowest BCUT2D eigenvalue weighted by Gasteiger charge is -2.25. The van der Waals surface area contributed by atoms with Gasteiger partial charge in [0.2, 0.25) is 0 Å². The van der Waals surface area contributed by atoms with Crippen LogP contribution in [0.2, 0.25) is 0 Å². The number of aliphatic hydroxyl groups is 1. The zero-order valence-electron chi connectivity index (χ0n) is 15.3. The summed E-state index contributed by atoms with van der Waals surface area (Å²) in [5.41, 5.74) is 2.29. The first-order valence-corrected chi connectivity index (χ1v) is 8.97. The Morgan fingerprint density at radius 3 is 2.42 bits per heavy atom. The molecule has 0 heterocycles. The Morgan fingerprint density at radius 1 is 1.04 bits per heavy atom. The van der Waals surface area contributed by atoms with Crippen molar-refractivity contribution in [1.82, 2.24) is 10.2 Å². The molecule has 0 aliphatic carbocycles. The molecule has 0 aliphatic heterocycles. The monoisotopic (exact) mass is 374 g/mol. The summed E-state index contributed by atoms with van der Waals surface area (Å²) >= 11 is 5.50. The lowest BCUT2D eigenvalue weighted by molar-refractivity contribution is 0.245. The number of methoxy groups -OCH3 is 2. The van der Waals surface area contributed by atoms with Gasteiger partial charge in [0.15, 0.2) is 16.6 Å². The molecule has 5 nitrogen and oxygen atoms in total. The Morgan fingerprint density at radius 2 is 1.77 bits per heavy atom. The van der Waals surface area contributed by atoms with Crippen LogP contribution < -0.4 is 14.8 Å². The number of benzene rings is 2. The molecular weight excluding hydrogens is 348 g/mol. The van der Waals surface area contributed by atoms with Crippen molar-refractivity contribution in [3.8, 4) is 11.5 Å². The zero-order chi connectivity index (χ0) is 18.8. The van der Waals surface area contributed by atoms with Gasteiger partial charge in [-0.25, -0.2) is 0 Å². The van der Waals surface area contributed by atoms with Crippen LogP contribution in [0.3, 0.4) is 0 Å². The van der Waals surface area contributed by atoms with Gasteiger partial charge in [0.25, 0.3) is 0 Å². The normalized spacial score (nSPS) is 10.3. The Hall–Kier alpha value is -2.31. The second-order valence-corrected chi connectivity index (χ2v) is 6.19. The first kappa shape index (κ1) is 20.0. The van der Waals surface area contributed by atoms with Gasteiger partial charge in [0.1, 0.15) is 0 Å². The minimum atomic E-state index is 0.0599. The third-order valence-corrected chi connectivity index (χ3v) is 4.41. The summed E-state index contributed by atoms with van der Waals surface area (Å²) in [7, 11) is 3.26. The number of rotatable bonds is 9. The van der Waals surface area contributed by atoms with Crippen LogP contribution in [0, 0.1) is 0 Å². The summed E-state index contributed by atoms with van der Waals surface area (Å²) in [4.78, 5) is 1.97. The van der Waals surface area contributed by atoms with Crippen LogP contribution in [0.25, 0.3) is 0 Å². The fourth-order valence-electron chi connectivity index (χ4n) is 2.64. The maximum atomic E-state index is 9.32. The van der Waals surface area contributed by atoms with Crippen LogP contribution >= 0.6 is 12.2 Å². The van der Waals surface area contributed by atoms with Crippen LogP contribution in [-0.4, -0.2) is 49.0 Å². The molecule has 0 aromatic heterocycles. The topological polar surface area (TPSA) is 54.0 Å². The van der Waals surface area contributed by atoms with Gasteiger partial charge in [-0.1, -0.05) is 36.4 Å². The summed E-state index contributed by atoms with van der Waals surface area (Å²) in [6, 6.07) is 16.0. The molecule has 2 aromatic rings. The van der Waals surface area contributed by atoms with Gasteiger partial charge in [-0.2, -0.15) is 0 Å². The average molecular weight is 375 g/mol. The van der Waals surface area contributed by atoms with E-state index in [9.17, 15) is 5.11 Å². The van der Waals surface area contributed by atoms with Crippen molar-refractivity contribution in [1.29, 1.82) is 0 Å². The Labute approximate surface area is 160 Å². The Balaban J connectivity index is 1.89. The molecule has 2 rings (SSSR count). The van der Waals surface area contributed by atoms with Crippen molar-refractivity contribution in [2.24, 2.45) is 0 Å². The number of thiocarbonyl (C=S) groups is 1. The molecule has 140 valence electrons. The van der Waals surface area contributed by atoms with Gasteiger partial charge >= 0.3 is 0 Å². The van der Waals surface area contributed by atoms with E-state index in [2.05, 4.69) is 17.4 Å². The standard InChI is InChI=1S/C20H26N2O3S/c1-24-18-9-8-16(14-19(18)25-2)10-11-21-20(26)22(12-13-23)15-17-6-4-3-5-7-17/h3-9,14,23H,10-13,15H2,1-2H3,(H,21,26). The fraction of sp³-hybridized carbons (Fsp3) is 0.350. The van der Waals surface area contributed by atoms with Crippen molar-refractivity contribution >= 4 is 17.3 Å². The number of ether oxygens (including phenoxy) is 2. The first-order chi connectivity index (χ1) is 12.7. The third kappa shape index (κ3) is 5.89. The first-order valence-electron chi connectivity index (χ1n) is 8.56. The Kier molecular flexibility index (Phi) is 8.18. The maximum Gasteiger partial charge on any atom is 0.169 e. The predicted molar refractivity (Wildman–Crippen MR) is 108 cm³/mol. The van der Waals surface area contributed by atoms with E-state index in [1.54, 1.807) is 14.2 Å². The summed E-state index contributed by atoms with van der Waals surface area (Å²) in [5, 5.41) is 13.2. The smallest absolute Gasteiger partial charge is 0.169 e. The number of nitrogens with one attached hydrogen (secondary N) is 1. The number of nitrogens with zero attached hydrogens (tertiary/aromatic N) is 1. The molecule has 0 radical (unpaired) electrons. The summed E-state index contributed by atoms with van der Waals surface area (Å²) in [6.45, 7) is 1.93. The van der Waals surface area contributed by atoms with Crippen molar-refractivity contribution < 1.29 is 14.6 Å². The van der Waals surface area contributed by atoms with Gasteiger partial charge in [0.05, 0.1) is 20.8 Å². The summed E-state index contributed by atoms with van der Waals surface area (Å²) in [6.07, 6.45) is 0.804. The van der Waals surface area contributed by atoms with E-state index >= 15 is 0 Å². The second kappa shape index (κ2) is 10.6. The highest BCUT2D eigenvalue weighted by Crippen LogP contribution is 2.27. The molecule has 0 saturated heterocycles. The molecule has 2 aromatic carbocycles. The molecule has 0 saturated carbocycles. The van der Waals surface area contributed by atoms with Crippen LogP contribution in [0.15, 0.2) is 48.5 Å². The highest BCUT2D eigenvalue weighted by molar-refractivity contribution is 7.80. The summed E-state index contributed by atoms with van der Waals surface area (Å²) in [5.74, 6) is 1.44. The largest absolute Gasteiger partial charge is 0.493 e. The van der Waals surface area contributed by atoms with Crippen LogP contribution in [-0.2, 0) is 13.0 Å². The second-order valence-electron chi connectivity index (χ2n) is 5.80. The third-order valence-electron chi connectivity index (χ3n) is 4.01. The van der Waals surface area contributed by atoms with Gasteiger partial charge in [-0.15, -0.1) is 0 Å². The lowest BCUT2D eigenvalue weighted by Crippen LogP contribution is -2.41. The van der Waals surface area contributed by atoms with Crippen LogP contribution in [0.5, 0.6) is 11.5 Å². The van der Waals surface area contributed by atoms with Gasteiger partial charge in [-0.3, -0.25) is 0 Å². The van der Waals surface area contributed by atoms with Gasteiger partial charge in [0, 0.05) is 19.6 Å². The molecular formula is C20H26N2O3S. The molecule has 0 aliphatic rings. The molecule has 0 unspecified atom stereocenters. The Bertz CT molecular complexity index is 695. The predicted octanol–water partition coefficient (Wildman–Crippen LogP) is 2.62. The highest BCUT2D eigenvalue weighted by atomic mass is 32.1. The van der Waals surface area contributed by atoms with E-state index in [0.29, 0.717) is 24.7 Å². The lowest BCUT2D eigenvalue weighted by atomic mass is 10.1. The van der Waals surface area contributed by atoms with E-state index in [4.69, 9.17) is 21.7 Å². The quantitative estimate of drug-likeness (QED) is 0.658. The molecule has 0 fully saturated rings. The minimum Gasteiger partial charge on any atom is -0.493 e. The molecule has 0 bridgehead atoms. The molecule has 2 N–H and O–H groups in total. The SMILES string of the molecule is COc1ccc(CCNC(=S)N(CCO)Cc2ccccc2)cc1OC. The molecule has 0 spiro atoms. The van der Waals surface area contributed by atoms with E-state index in [0.717, 1.165) is 29.0 Å². The van der Waals surface area contributed by atoms with E-state index in [1.165, 1.54) is 0 Å². The maximum absolute atomic E-state index is 9.32. The molecule has 26 heavy (non-hydrogen) atoms. The van der Waals surface area contributed by atoms with E-state index in [-0.39, 0.29) is 6.61 Å². The number of aliphatic hydroxyl groups excluding tert-OH is 1.